The molecule has 9 heteroatoms. The molecule has 5 aliphatic rings. The van der Waals surface area contributed by atoms with Crippen LogP contribution in [0.15, 0.2) is 18.0 Å². The normalized spacial score (nSPS) is 44.5. The van der Waals surface area contributed by atoms with Crippen molar-refractivity contribution < 1.29 is 19.4 Å². The number of hydrogen-bond donors (Lipinski definition) is 2. The maximum absolute atomic E-state index is 13.5. The minimum atomic E-state index is -0.639. The minimum Gasteiger partial charge on any atom is -0.481 e. The lowest BCUT2D eigenvalue weighted by Gasteiger charge is -2.71. The molecule has 4 aliphatic carbocycles. The Hall–Kier alpha value is -1.48. The molecule has 0 aromatic carbocycles. The second-order valence-electron chi connectivity index (χ2n) is 19.5. The molecular formula is C39H63ClN4O4. The molecule has 6 rings (SSSR count). The van der Waals surface area contributed by atoms with E-state index in [-0.39, 0.29) is 39.7 Å². The van der Waals surface area contributed by atoms with E-state index in [4.69, 9.17) is 26.8 Å². The molecule has 1 aromatic heterocycles. The van der Waals surface area contributed by atoms with E-state index in [0.717, 1.165) is 38.5 Å². The van der Waals surface area contributed by atoms with Gasteiger partial charge in [-0.1, -0.05) is 80.9 Å². The van der Waals surface area contributed by atoms with Crippen molar-refractivity contribution in [3.05, 3.63) is 23.3 Å². The van der Waals surface area contributed by atoms with Crippen LogP contribution in [0.4, 0.5) is 0 Å². The maximum atomic E-state index is 13.5. The topological polar surface area (TPSA) is 112 Å². The zero-order valence-electron chi connectivity index (χ0n) is 31.5. The molecule has 48 heavy (non-hydrogen) atoms. The molecule has 3 saturated carbocycles. The molecule has 0 unspecified atom stereocenters. The molecule has 3 N–H and O–H groups in total. The van der Waals surface area contributed by atoms with E-state index in [1.807, 2.05) is 4.68 Å². The minimum absolute atomic E-state index is 0.108. The number of nitrogens with zero attached hydrogens (tertiary/aromatic N) is 3. The van der Waals surface area contributed by atoms with E-state index in [9.17, 15) is 9.90 Å². The van der Waals surface area contributed by atoms with Gasteiger partial charge in [0.05, 0.1) is 37.9 Å². The number of nitrogens with two attached hydrogens (primary N) is 1. The molecule has 4 fully saturated rings. The molecule has 8 nitrogen and oxygen atoms in total. The number of halogens is 1. The van der Waals surface area contributed by atoms with Crippen molar-refractivity contribution in [2.45, 2.75) is 132 Å². The highest BCUT2D eigenvalue weighted by Crippen LogP contribution is 2.75. The van der Waals surface area contributed by atoms with E-state index in [0.29, 0.717) is 42.9 Å². The standard InChI is InChI=1S/C39H63ClN4O4/c1-23(2)24(3)35(8)16-17-36(9)25-12-13-28-34(7)18-27(44-32(40)42-22-43-44)30(48-20-38(11,41)33(4,5)6)39(28,21-47-19-34)26(25)14-15-37(36,10)29(35)31(45)46/h14,22-25,27-30H,12-13,15-21,41H2,1-11H3,(H,45,46)/t24-,25+,27-,28-,29-,30+,34-,35-,36-,37+,38+,39+/m1/s1. The van der Waals surface area contributed by atoms with Gasteiger partial charge < -0.3 is 20.3 Å². The summed E-state index contributed by atoms with van der Waals surface area (Å²) in [5.41, 5.74) is 6.27. The first-order valence-corrected chi connectivity index (χ1v) is 19.0. The van der Waals surface area contributed by atoms with Crippen LogP contribution >= 0.6 is 11.6 Å². The third kappa shape index (κ3) is 4.87. The van der Waals surface area contributed by atoms with Crippen molar-refractivity contribution in [3.63, 3.8) is 0 Å². The van der Waals surface area contributed by atoms with E-state index in [1.165, 1.54) is 5.57 Å². The van der Waals surface area contributed by atoms with Crippen molar-refractivity contribution in [1.29, 1.82) is 0 Å². The molecule has 0 radical (unpaired) electrons. The van der Waals surface area contributed by atoms with Crippen LogP contribution < -0.4 is 5.73 Å². The number of aliphatic carboxylic acids is 1. The zero-order chi connectivity index (χ0) is 35.5. The molecule has 12 atom stereocenters. The van der Waals surface area contributed by atoms with Gasteiger partial charge in [0.1, 0.15) is 6.33 Å². The highest BCUT2D eigenvalue weighted by atomic mass is 35.5. The molecular weight excluding hydrogens is 624 g/mol. The molecule has 0 spiro atoms. The van der Waals surface area contributed by atoms with Crippen LogP contribution in [-0.4, -0.2) is 57.3 Å². The number of allylic oxidation sites excluding steroid dienone is 1. The van der Waals surface area contributed by atoms with Crippen LogP contribution in [0.3, 0.4) is 0 Å². The monoisotopic (exact) mass is 686 g/mol. The third-order valence-electron chi connectivity index (χ3n) is 16.1. The summed E-state index contributed by atoms with van der Waals surface area (Å²) in [7, 11) is 0. The van der Waals surface area contributed by atoms with E-state index in [2.05, 4.69) is 92.3 Å². The Kier molecular flexibility index (Phi) is 8.71. The Morgan fingerprint density at radius 1 is 1.12 bits per heavy atom. The first kappa shape index (κ1) is 36.3. The summed E-state index contributed by atoms with van der Waals surface area (Å²) in [6.07, 6.45) is 9.32. The number of carboxylic acids is 1. The number of fused-ring (bicyclic) bond motifs is 3. The largest absolute Gasteiger partial charge is 0.481 e. The van der Waals surface area contributed by atoms with Crippen molar-refractivity contribution in [1.82, 2.24) is 14.8 Å². The van der Waals surface area contributed by atoms with Crippen LogP contribution in [0, 0.1) is 62.1 Å². The molecule has 1 saturated heterocycles. The fourth-order valence-electron chi connectivity index (χ4n) is 12.0. The van der Waals surface area contributed by atoms with Gasteiger partial charge in [-0.15, -0.1) is 0 Å². The van der Waals surface area contributed by atoms with Gasteiger partial charge in [0.15, 0.2) is 0 Å². The Balaban J connectivity index is 1.52. The molecule has 0 amide bonds. The van der Waals surface area contributed by atoms with Gasteiger partial charge in [0.2, 0.25) is 5.28 Å². The number of carboxylic acid groups (broad SMARTS) is 1. The highest BCUT2D eigenvalue weighted by Gasteiger charge is 2.72. The number of carbonyl (C=O) groups is 1. The number of ether oxygens (including phenoxy) is 2. The van der Waals surface area contributed by atoms with Crippen molar-refractivity contribution in [2.75, 3.05) is 19.8 Å². The average molecular weight is 687 g/mol. The van der Waals surface area contributed by atoms with Crippen LogP contribution in [0.1, 0.15) is 121 Å². The lowest BCUT2D eigenvalue weighted by molar-refractivity contribution is -0.255. The molecule has 2 bridgehead atoms. The molecule has 1 aliphatic heterocycles. The van der Waals surface area contributed by atoms with Crippen molar-refractivity contribution in [2.24, 2.45) is 67.8 Å². The summed E-state index contributed by atoms with van der Waals surface area (Å²) in [5.74, 6) is 0.202. The van der Waals surface area contributed by atoms with Crippen LogP contribution in [0.5, 0.6) is 0 Å². The zero-order valence-corrected chi connectivity index (χ0v) is 32.3. The molecule has 2 heterocycles. The first-order chi connectivity index (χ1) is 22.1. The number of aromatic nitrogens is 3. The van der Waals surface area contributed by atoms with Crippen LogP contribution in [0.2, 0.25) is 5.28 Å². The van der Waals surface area contributed by atoms with Gasteiger partial charge in [0.25, 0.3) is 0 Å². The third-order valence-corrected chi connectivity index (χ3v) is 16.4. The summed E-state index contributed by atoms with van der Waals surface area (Å²) in [6.45, 7) is 26.4. The highest BCUT2D eigenvalue weighted by molar-refractivity contribution is 6.28. The quantitative estimate of drug-likeness (QED) is 0.278. The Morgan fingerprint density at radius 3 is 2.40 bits per heavy atom. The lowest BCUT2D eigenvalue weighted by atomic mass is 9.34. The van der Waals surface area contributed by atoms with Crippen molar-refractivity contribution in [3.8, 4) is 0 Å². The molecule has 270 valence electrons. The fraction of sp³-hybridized carbons (Fsp3) is 0.872. The Morgan fingerprint density at radius 2 is 1.81 bits per heavy atom. The van der Waals surface area contributed by atoms with Crippen LogP contribution in [-0.2, 0) is 14.3 Å². The van der Waals surface area contributed by atoms with Gasteiger partial charge in [-0.2, -0.15) is 5.10 Å². The summed E-state index contributed by atoms with van der Waals surface area (Å²) < 4.78 is 15.8. The van der Waals surface area contributed by atoms with Gasteiger partial charge in [0, 0.05) is 11.0 Å². The predicted octanol–water partition coefficient (Wildman–Crippen LogP) is 8.21. The van der Waals surface area contributed by atoms with Crippen LogP contribution in [0.25, 0.3) is 0 Å². The number of rotatable bonds is 7. The smallest absolute Gasteiger partial charge is 0.307 e. The van der Waals surface area contributed by atoms with E-state index < -0.39 is 28.3 Å². The van der Waals surface area contributed by atoms with Gasteiger partial charge >= 0.3 is 5.97 Å². The summed E-state index contributed by atoms with van der Waals surface area (Å²) in [4.78, 5) is 17.9. The van der Waals surface area contributed by atoms with E-state index in [1.54, 1.807) is 6.33 Å². The van der Waals surface area contributed by atoms with Crippen molar-refractivity contribution >= 4 is 17.6 Å². The van der Waals surface area contributed by atoms with E-state index >= 15 is 0 Å². The Bertz CT molecular complexity index is 1450. The SMILES string of the molecule is CC(C)[C@@H](C)[C@@]1(C)CC[C@]2(C)[C@H]3CC[C@@H]4[C@@]5(C)COC[C@@]4(C3=CC[C@@]2(C)[C@@H]1C(=O)O)[C@@H](OC[C@](C)(N)C(C)(C)C)[C@H](n1ncnc1Cl)C5. The molecule has 1 aromatic rings. The maximum Gasteiger partial charge on any atom is 0.307 e. The Labute approximate surface area is 294 Å². The predicted molar refractivity (Wildman–Crippen MR) is 189 cm³/mol. The second kappa shape index (κ2) is 11.5. The van der Waals surface area contributed by atoms with Gasteiger partial charge in [-0.25, -0.2) is 9.67 Å². The fourth-order valence-corrected chi connectivity index (χ4v) is 12.2. The number of hydrogen-bond acceptors (Lipinski definition) is 6. The first-order valence-electron chi connectivity index (χ1n) is 18.6. The second-order valence-corrected chi connectivity index (χ2v) is 19.9. The van der Waals surface area contributed by atoms with Gasteiger partial charge in [-0.3, -0.25) is 4.79 Å². The summed E-state index contributed by atoms with van der Waals surface area (Å²) in [6, 6.07) is -0.144. The average Bonchev–Trinajstić information content (AvgIpc) is 3.41. The lowest BCUT2D eigenvalue weighted by Crippen LogP contribution is -2.70. The summed E-state index contributed by atoms with van der Waals surface area (Å²) in [5, 5.41) is 16.2. The summed E-state index contributed by atoms with van der Waals surface area (Å²) >= 11 is 6.77. The van der Waals surface area contributed by atoms with Gasteiger partial charge in [-0.05, 0) is 108 Å².